The third-order valence-electron chi connectivity index (χ3n) is 10.2. The maximum atomic E-state index is 12.4. The summed E-state index contributed by atoms with van der Waals surface area (Å²) in [5.41, 5.74) is 0.184. The van der Waals surface area contributed by atoms with Crippen molar-refractivity contribution in [2.45, 2.75) is 180 Å². The number of carbonyl (C=O) groups is 1. The van der Waals surface area contributed by atoms with Crippen molar-refractivity contribution in [3.63, 3.8) is 0 Å². The molecule has 1 N–H and O–H groups in total. The van der Waals surface area contributed by atoms with E-state index in [1.54, 1.807) is 6.92 Å². The van der Waals surface area contributed by atoms with Crippen LogP contribution in [0.3, 0.4) is 0 Å². The molecule has 1 heterocycles. The molecule has 1 fully saturated rings. The van der Waals surface area contributed by atoms with Crippen molar-refractivity contribution in [3.05, 3.63) is 12.2 Å². The summed E-state index contributed by atoms with van der Waals surface area (Å²) in [4.78, 5) is 12.4. The number of hydrogen-bond acceptors (Lipinski definition) is 8. The van der Waals surface area contributed by atoms with Gasteiger partial charge in [0.1, 0.15) is 18.3 Å². The second-order valence-electron chi connectivity index (χ2n) is 17.5. The summed E-state index contributed by atoms with van der Waals surface area (Å²) in [5, 5.41) is 11.4. The molecule has 0 aromatic rings. The zero-order valence-electron chi connectivity index (χ0n) is 31.5. The van der Waals surface area contributed by atoms with E-state index in [2.05, 4.69) is 108 Å². The van der Waals surface area contributed by atoms with Crippen molar-refractivity contribution < 1.29 is 37.4 Å². The molecule has 1 aliphatic rings. The number of esters is 1. The first kappa shape index (κ1) is 41.6. The van der Waals surface area contributed by atoms with Crippen molar-refractivity contribution >= 4 is 30.9 Å². The quantitative estimate of drug-likeness (QED) is 0.112. The van der Waals surface area contributed by atoms with E-state index in [0.717, 1.165) is 0 Å². The Hall–Kier alpha value is -0.379. The van der Waals surface area contributed by atoms with Gasteiger partial charge < -0.3 is 32.6 Å². The fraction of sp³-hybridized carbons (Fsp3) is 0.909. The van der Waals surface area contributed by atoms with E-state index in [9.17, 15) is 9.90 Å². The van der Waals surface area contributed by atoms with Crippen LogP contribution < -0.4 is 0 Å². The molecule has 0 amide bonds. The second kappa shape index (κ2) is 14.4. The SMILES string of the molecule is C=C(C[C@@H](O)[C@H]1OC(C)(C)O[C@H]1[C@H](O[Si](C)(C)C(C)(C)C)[C@@H](CO[Si](C)(C)C(C)(C)C)O[Si](C)(C)C(C)(C)C)C(=O)OCC. The maximum absolute atomic E-state index is 12.4. The van der Waals surface area contributed by atoms with Crippen LogP contribution in [-0.2, 0) is 32.3 Å². The normalized spacial score (nSPS) is 22.4. The average molecular weight is 677 g/mol. The second-order valence-corrected chi connectivity index (χ2v) is 31.8. The van der Waals surface area contributed by atoms with Gasteiger partial charge in [0.15, 0.2) is 30.7 Å². The number of carbonyl (C=O) groups excluding carboxylic acids is 1. The molecule has 8 nitrogen and oxygen atoms in total. The van der Waals surface area contributed by atoms with E-state index in [-0.39, 0.29) is 33.7 Å². The first-order valence-electron chi connectivity index (χ1n) is 16.3. The molecule has 0 saturated carbocycles. The Morgan fingerprint density at radius 1 is 0.818 bits per heavy atom. The Morgan fingerprint density at radius 3 is 1.68 bits per heavy atom. The molecule has 260 valence electrons. The van der Waals surface area contributed by atoms with Gasteiger partial charge in [-0.05, 0) is 75.2 Å². The fourth-order valence-electron chi connectivity index (χ4n) is 4.18. The van der Waals surface area contributed by atoms with E-state index in [4.69, 9.17) is 27.5 Å². The van der Waals surface area contributed by atoms with E-state index in [1.165, 1.54) is 0 Å². The molecule has 0 unspecified atom stereocenters. The lowest BCUT2D eigenvalue weighted by atomic mass is 9.96. The molecule has 0 aliphatic carbocycles. The van der Waals surface area contributed by atoms with Crippen LogP contribution in [0.4, 0.5) is 0 Å². The largest absolute Gasteiger partial charge is 0.463 e. The van der Waals surface area contributed by atoms with Crippen molar-refractivity contribution in [2.75, 3.05) is 13.2 Å². The van der Waals surface area contributed by atoms with Crippen LogP contribution in [0.25, 0.3) is 0 Å². The highest BCUT2D eigenvalue weighted by molar-refractivity contribution is 6.75. The summed E-state index contributed by atoms with van der Waals surface area (Å²) in [7, 11) is -6.94. The van der Waals surface area contributed by atoms with Gasteiger partial charge in [-0.3, -0.25) is 0 Å². The number of aliphatic hydroxyl groups is 1. The van der Waals surface area contributed by atoms with Gasteiger partial charge in [-0.25, -0.2) is 4.79 Å². The van der Waals surface area contributed by atoms with E-state index < -0.39 is 67.2 Å². The summed E-state index contributed by atoms with van der Waals surface area (Å²) in [6, 6.07) is 0. The lowest BCUT2D eigenvalue weighted by molar-refractivity contribution is -0.164. The molecule has 0 spiro atoms. The molecular weight excluding hydrogens is 609 g/mol. The maximum Gasteiger partial charge on any atom is 0.333 e. The van der Waals surface area contributed by atoms with Gasteiger partial charge in [0.2, 0.25) is 0 Å². The molecule has 1 saturated heterocycles. The van der Waals surface area contributed by atoms with Crippen molar-refractivity contribution in [1.82, 2.24) is 0 Å². The van der Waals surface area contributed by atoms with Gasteiger partial charge in [-0.15, -0.1) is 0 Å². The Kier molecular flexibility index (Phi) is 13.6. The minimum atomic E-state index is -2.42. The van der Waals surface area contributed by atoms with Crippen LogP contribution in [0.1, 0.15) is 89.5 Å². The lowest BCUT2D eigenvalue weighted by Crippen LogP contribution is -2.60. The van der Waals surface area contributed by atoms with Gasteiger partial charge in [0.25, 0.3) is 0 Å². The zero-order valence-corrected chi connectivity index (χ0v) is 34.5. The predicted octanol–water partition coefficient (Wildman–Crippen LogP) is 8.18. The molecule has 5 atom stereocenters. The Labute approximate surface area is 273 Å². The van der Waals surface area contributed by atoms with Gasteiger partial charge in [-0.2, -0.15) is 0 Å². The minimum absolute atomic E-state index is 0.00541. The molecule has 11 heteroatoms. The Morgan fingerprint density at radius 2 is 1.25 bits per heavy atom. The molecule has 0 aromatic heterocycles. The minimum Gasteiger partial charge on any atom is -0.463 e. The van der Waals surface area contributed by atoms with E-state index >= 15 is 0 Å². The summed E-state index contributed by atoms with van der Waals surface area (Å²) in [5.74, 6) is -1.53. The average Bonchev–Trinajstić information content (AvgIpc) is 3.13. The summed E-state index contributed by atoms with van der Waals surface area (Å²) in [6.07, 6.45) is -3.68. The molecule has 1 aliphatic heterocycles. The van der Waals surface area contributed by atoms with Crippen LogP contribution in [-0.4, -0.2) is 85.5 Å². The fourth-order valence-corrected chi connectivity index (χ4v) is 7.83. The van der Waals surface area contributed by atoms with Crippen LogP contribution in [0.15, 0.2) is 12.2 Å². The van der Waals surface area contributed by atoms with Crippen LogP contribution in [0.2, 0.25) is 54.4 Å². The predicted molar refractivity (Wildman–Crippen MR) is 188 cm³/mol. The summed E-state index contributed by atoms with van der Waals surface area (Å²) < 4.78 is 39.5. The van der Waals surface area contributed by atoms with Gasteiger partial charge in [-0.1, -0.05) is 68.9 Å². The lowest BCUT2D eigenvalue weighted by Gasteiger charge is -2.48. The monoisotopic (exact) mass is 676 g/mol. The number of hydrogen-bond donors (Lipinski definition) is 1. The van der Waals surface area contributed by atoms with E-state index in [0.29, 0.717) is 6.61 Å². The summed E-state index contributed by atoms with van der Waals surface area (Å²) >= 11 is 0. The zero-order chi connectivity index (χ0) is 34.9. The van der Waals surface area contributed by atoms with Crippen LogP contribution in [0.5, 0.6) is 0 Å². The first-order valence-corrected chi connectivity index (χ1v) is 25.0. The number of ether oxygens (including phenoxy) is 3. The molecule has 44 heavy (non-hydrogen) atoms. The van der Waals surface area contributed by atoms with Crippen molar-refractivity contribution in [1.29, 1.82) is 0 Å². The number of aliphatic hydroxyl groups excluding tert-OH is 1. The molecule has 0 aromatic carbocycles. The van der Waals surface area contributed by atoms with Gasteiger partial charge in [0.05, 0.1) is 25.4 Å². The topological polar surface area (TPSA) is 92.7 Å². The number of rotatable bonds is 14. The van der Waals surface area contributed by atoms with E-state index in [1.807, 2.05) is 13.8 Å². The first-order chi connectivity index (χ1) is 19.4. The third kappa shape index (κ3) is 10.8. The highest BCUT2D eigenvalue weighted by Gasteiger charge is 2.55. The molecular formula is C33H68O8Si3. The standard InChI is InChI=1S/C33H68O8Si3/c1-20-36-29(35)23(2)21-24(34)26-28(39-33(12,13)38-26)27(41-44(18,19)32(9,10)11)25(40-43(16,17)31(6,7)8)22-37-42(14,15)30(3,4)5/h24-28,34H,2,20-22H2,1,3-19H3/t24-,25-,26-,27-,28-/m1/s1. The highest BCUT2D eigenvalue weighted by Crippen LogP contribution is 2.45. The van der Waals surface area contributed by atoms with Crippen LogP contribution >= 0.6 is 0 Å². The highest BCUT2D eigenvalue weighted by atomic mass is 28.4. The van der Waals surface area contributed by atoms with Gasteiger partial charge >= 0.3 is 5.97 Å². The third-order valence-corrected chi connectivity index (χ3v) is 23.6. The smallest absolute Gasteiger partial charge is 0.333 e. The molecule has 0 bridgehead atoms. The van der Waals surface area contributed by atoms with Crippen molar-refractivity contribution in [2.24, 2.45) is 0 Å². The molecule has 1 rings (SSSR count). The van der Waals surface area contributed by atoms with Crippen molar-refractivity contribution in [3.8, 4) is 0 Å². The Bertz CT molecular complexity index is 973. The molecule has 0 radical (unpaired) electrons. The van der Waals surface area contributed by atoms with Gasteiger partial charge in [0, 0.05) is 12.0 Å². The Balaban J connectivity index is 3.79. The summed E-state index contributed by atoms with van der Waals surface area (Å²) in [6.45, 7) is 43.2. The van der Waals surface area contributed by atoms with Crippen LogP contribution in [0, 0.1) is 0 Å².